The standard InChI is InChI=1S/C22H27NO3/c1-5-17-22(21(24)26-7-3,18-11-9-8-10-12-18)23(6-2)19-13-15-20(25-4)16-14-19/h5,8-16H,1,6-7,17H2,2-4H3. The molecule has 2 aromatic rings. The van der Waals surface area contributed by atoms with E-state index in [4.69, 9.17) is 9.47 Å². The average Bonchev–Trinajstić information content (AvgIpc) is 2.69. The van der Waals surface area contributed by atoms with Crippen LogP contribution >= 0.6 is 0 Å². The monoisotopic (exact) mass is 353 g/mol. The molecule has 0 fully saturated rings. The van der Waals surface area contributed by atoms with Crippen molar-refractivity contribution in [1.82, 2.24) is 0 Å². The Morgan fingerprint density at radius 3 is 2.27 bits per heavy atom. The fourth-order valence-corrected chi connectivity index (χ4v) is 3.30. The van der Waals surface area contributed by atoms with Gasteiger partial charge in [0.1, 0.15) is 5.75 Å². The number of anilines is 1. The number of ether oxygens (including phenoxy) is 2. The molecule has 2 aromatic carbocycles. The minimum Gasteiger partial charge on any atom is -0.497 e. The molecule has 4 nitrogen and oxygen atoms in total. The fraction of sp³-hybridized carbons (Fsp3) is 0.318. The Labute approximate surface area is 156 Å². The maximum Gasteiger partial charge on any atom is 0.337 e. The van der Waals surface area contributed by atoms with Gasteiger partial charge in [-0.15, -0.1) is 6.58 Å². The van der Waals surface area contributed by atoms with Gasteiger partial charge in [-0.2, -0.15) is 0 Å². The van der Waals surface area contributed by atoms with E-state index in [1.54, 1.807) is 13.2 Å². The molecule has 0 N–H and O–H groups in total. The Bertz CT molecular complexity index is 712. The van der Waals surface area contributed by atoms with E-state index in [0.29, 0.717) is 19.6 Å². The largest absolute Gasteiger partial charge is 0.497 e. The number of carbonyl (C=O) groups is 1. The van der Waals surface area contributed by atoms with Gasteiger partial charge in [0.05, 0.1) is 13.7 Å². The Morgan fingerprint density at radius 2 is 1.77 bits per heavy atom. The number of rotatable bonds is 9. The second-order valence-corrected chi connectivity index (χ2v) is 5.88. The van der Waals surface area contributed by atoms with Crippen LogP contribution in [0.5, 0.6) is 5.75 Å². The topological polar surface area (TPSA) is 38.8 Å². The molecule has 0 heterocycles. The molecule has 0 spiro atoms. The van der Waals surface area contributed by atoms with Gasteiger partial charge >= 0.3 is 5.97 Å². The molecule has 0 saturated heterocycles. The summed E-state index contributed by atoms with van der Waals surface area (Å²) in [5.74, 6) is 0.499. The first kappa shape index (κ1) is 19.6. The van der Waals surface area contributed by atoms with Crippen molar-refractivity contribution in [3.05, 3.63) is 72.8 Å². The van der Waals surface area contributed by atoms with Gasteiger partial charge in [0.2, 0.25) is 0 Å². The third-order valence-electron chi connectivity index (χ3n) is 4.47. The maximum atomic E-state index is 13.2. The van der Waals surface area contributed by atoms with E-state index in [0.717, 1.165) is 17.0 Å². The second kappa shape index (κ2) is 9.09. The molecule has 0 aliphatic heterocycles. The van der Waals surface area contributed by atoms with Gasteiger partial charge in [-0.25, -0.2) is 4.79 Å². The predicted octanol–water partition coefficient (Wildman–Crippen LogP) is 4.56. The summed E-state index contributed by atoms with van der Waals surface area (Å²) in [6.07, 6.45) is 2.21. The highest BCUT2D eigenvalue weighted by Crippen LogP contribution is 2.38. The number of nitrogens with zero attached hydrogens (tertiary/aromatic N) is 1. The average molecular weight is 353 g/mol. The van der Waals surface area contributed by atoms with Gasteiger partial charge in [-0.05, 0) is 43.7 Å². The summed E-state index contributed by atoms with van der Waals surface area (Å²) in [4.78, 5) is 15.3. The smallest absolute Gasteiger partial charge is 0.337 e. The molecule has 1 unspecified atom stereocenters. The minimum absolute atomic E-state index is 0.274. The van der Waals surface area contributed by atoms with Crippen molar-refractivity contribution < 1.29 is 14.3 Å². The van der Waals surface area contributed by atoms with Gasteiger partial charge in [0.15, 0.2) is 5.54 Å². The number of likely N-dealkylation sites (N-methyl/N-ethyl adjacent to an activating group) is 1. The summed E-state index contributed by atoms with van der Waals surface area (Å²) in [5, 5.41) is 0. The second-order valence-electron chi connectivity index (χ2n) is 5.88. The molecule has 0 saturated carbocycles. The molecule has 0 amide bonds. The zero-order valence-electron chi connectivity index (χ0n) is 15.8. The summed E-state index contributed by atoms with van der Waals surface area (Å²) in [6, 6.07) is 17.5. The van der Waals surface area contributed by atoms with Crippen LogP contribution in [0.25, 0.3) is 0 Å². The molecule has 4 heteroatoms. The molecule has 26 heavy (non-hydrogen) atoms. The number of carbonyl (C=O) groups excluding carboxylic acids is 1. The van der Waals surface area contributed by atoms with Crippen molar-refractivity contribution in [1.29, 1.82) is 0 Å². The van der Waals surface area contributed by atoms with Crippen LogP contribution in [0.4, 0.5) is 5.69 Å². The van der Waals surface area contributed by atoms with E-state index >= 15 is 0 Å². The Balaban J connectivity index is 2.65. The molecule has 2 rings (SSSR count). The first-order valence-electron chi connectivity index (χ1n) is 8.89. The Morgan fingerprint density at radius 1 is 1.12 bits per heavy atom. The van der Waals surface area contributed by atoms with Crippen LogP contribution in [0.3, 0.4) is 0 Å². The third kappa shape index (κ3) is 3.74. The molecule has 0 aliphatic carbocycles. The van der Waals surface area contributed by atoms with Gasteiger partial charge in [0.25, 0.3) is 0 Å². The molecule has 0 radical (unpaired) electrons. The summed E-state index contributed by atoms with van der Waals surface area (Å²) in [5.41, 5.74) is 0.839. The number of hydrogen-bond donors (Lipinski definition) is 0. The van der Waals surface area contributed by atoms with Crippen LogP contribution in [-0.4, -0.2) is 26.2 Å². The third-order valence-corrected chi connectivity index (χ3v) is 4.47. The van der Waals surface area contributed by atoms with Gasteiger partial charge in [-0.3, -0.25) is 0 Å². The van der Waals surface area contributed by atoms with Crippen molar-refractivity contribution in [2.45, 2.75) is 25.8 Å². The van der Waals surface area contributed by atoms with E-state index in [2.05, 4.69) is 11.5 Å². The van der Waals surface area contributed by atoms with Crippen LogP contribution < -0.4 is 9.64 Å². The van der Waals surface area contributed by atoms with Gasteiger partial charge in [0, 0.05) is 18.7 Å². The SMILES string of the molecule is C=CCC(C(=O)OCC)(c1ccccc1)N(CC)c1ccc(OC)cc1. The van der Waals surface area contributed by atoms with Crippen molar-refractivity contribution in [2.24, 2.45) is 0 Å². The molecule has 138 valence electrons. The number of benzene rings is 2. The number of hydrogen-bond acceptors (Lipinski definition) is 4. The zero-order valence-corrected chi connectivity index (χ0v) is 15.8. The van der Waals surface area contributed by atoms with E-state index in [-0.39, 0.29) is 5.97 Å². The summed E-state index contributed by atoms with van der Waals surface area (Å²) in [6.45, 7) is 8.71. The van der Waals surface area contributed by atoms with E-state index in [1.807, 2.05) is 68.4 Å². The van der Waals surface area contributed by atoms with Crippen molar-refractivity contribution >= 4 is 11.7 Å². The molecular formula is C22H27NO3. The van der Waals surface area contributed by atoms with E-state index in [1.165, 1.54) is 0 Å². The van der Waals surface area contributed by atoms with E-state index < -0.39 is 5.54 Å². The quantitative estimate of drug-likeness (QED) is 0.489. The maximum absolute atomic E-state index is 13.2. The Kier molecular flexibility index (Phi) is 6.84. The van der Waals surface area contributed by atoms with Crippen molar-refractivity contribution in [3.63, 3.8) is 0 Å². The molecule has 0 aliphatic rings. The molecular weight excluding hydrogens is 326 g/mol. The van der Waals surface area contributed by atoms with E-state index in [9.17, 15) is 4.79 Å². The Hall–Kier alpha value is -2.75. The predicted molar refractivity (Wildman–Crippen MR) is 106 cm³/mol. The van der Waals surface area contributed by atoms with Crippen LogP contribution in [0.2, 0.25) is 0 Å². The van der Waals surface area contributed by atoms with Crippen molar-refractivity contribution in [2.75, 3.05) is 25.2 Å². The lowest BCUT2D eigenvalue weighted by Crippen LogP contribution is -2.53. The lowest BCUT2D eigenvalue weighted by Gasteiger charge is -2.43. The van der Waals surface area contributed by atoms with Crippen molar-refractivity contribution in [3.8, 4) is 5.75 Å². The summed E-state index contributed by atoms with van der Waals surface area (Å²) in [7, 11) is 1.64. The fourth-order valence-electron chi connectivity index (χ4n) is 3.30. The normalized spacial score (nSPS) is 12.7. The lowest BCUT2D eigenvalue weighted by atomic mass is 9.84. The molecule has 0 aromatic heterocycles. The van der Waals surface area contributed by atoms with Crippen LogP contribution in [0.1, 0.15) is 25.8 Å². The molecule has 1 atom stereocenters. The van der Waals surface area contributed by atoms with Crippen LogP contribution in [0.15, 0.2) is 67.3 Å². The van der Waals surface area contributed by atoms with Crippen LogP contribution in [-0.2, 0) is 15.1 Å². The number of methoxy groups -OCH3 is 1. The minimum atomic E-state index is -0.970. The van der Waals surface area contributed by atoms with Gasteiger partial charge < -0.3 is 14.4 Å². The zero-order chi connectivity index (χ0) is 19.0. The van der Waals surface area contributed by atoms with Gasteiger partial charge in [-0.1, -0.05) is 36.4 Å². The highest BCUT2D eigenvalue weighted by Gasteiger charge is 2.45. The first-order valence-corrected chi connectivity index (χ1v) is 8.89. The molecule has 0 bridgehead atoms. The lowest BCUT2D eigenvalue weighted by molar-refractivity contribution is -0.150. The summed E-state index contributed by atoms with van der Waals surface area (Å²) < 4.78 is 10.8. The summed E-state index contributed by atoms with van der Waals surface area (Å²) >= 11 is 0. The first-order chi connectivity index (χ1) is 12.6. The highest BCUT2D eigenvalue weighted by atomic mass is 16.5. The number of esters is 1. The van der Waals surface area contributed by atoms with Crippen LogP contribution in [0, 0.1) is 0 Å². The highest BCUT2D eigenvalue weighted by molar-refractivity contribution is 5.87.